The Labute approximate surface area is 172 Å². The second kappa shape index (κ2) is 9.75. The SMILES string of the molecule is CCOC(=O)COc1ccc(C(=O)c2cc(CN)c(O)c(CN)c2)c(Cl)c1Cl. The van der Waals surface area contributed by atoms with Gasteiger partial charge in [-0.1, -0.05) is 23.2 Å². The number of rotatable bonds is 8. The third kappa shape index (κ3) is 4.74. The minimum Gasteiger partial charge on any atom is -0.507 e. The molecule has 0 unspecified atom stereocenters. The zero-order chi connectivity index (χ0) is 20.8. The quantitative estimate of drug-likeness (QED) is 0.437. The van der Waals surface area contributed by atoms with Gasteiger partial charge in [0.2, 0.25) is 0 Å². The molecule has 2 aromatic rings. The standard InChI is InChI=1S/C19H20Cl2N2O5/c1-2-27-15(24)9-28-14-4-3-13(16(20)17(14)21)19(26)10-5-11(7-22)18(25)12(6-10)8-23/h3-6,25H,2,7-9,22-23H2,1H3. The molecule has 0 amide bonds. The van der Waals surface area contributed by atoms with E-state index in [1.165, 1.54) is 24.3 Å². The van der Waals surface area contributed by atoms with Crippen LogP contribution in [0.1, 0.15) is 34.0 Å². The van der Waals surface area contributed by atoms with Gasteiger partial charge in [-0.15, -0.1) is 0 Å². The first-order chi connectivity index (χ1) is 13.3. The molecule has 0 saturated carbocycles. The van der Waals surface area contributed by atoms with E-state index in [4.69, 9.17) is 44.1 Å². The van der Waals surface area contributed by atoms with Crippen molar-refractivity contribution >= 4 is 35.0 Å². The van der Waals surface area contributed by atoms with Crippen molar-refractivity contribution in [2.45, 2.75) is 20.0 Å². The van der Waals surface area contributed by atoms with Crippen molar-refractivity contribution in [2.75, 3.05) is 13.2 Å². The number of halogens is 2. The molecule has 0 aliphatic heterocycles. The Morgan fingerprint density at radius 3 is 2.21 bits per heavy atom. The van der Waals surface area contributed by atoms with E-state index in [0.29, 0.717) is 11.1 Å². The fraction of sp³-hybridized carbons (Fsp3) is 0.263. The van der Waals surface area contributed by atoms with Gasteiger partial charge in [-0.25, -0.2) is 4.79 Å². The van der Waals surface area contributed by atoms with Crippen molar-refractivity contribution in [1.82, 2.24) is 0 Å². The minimum atomic E-state index is -0.553. The van der Waals surface area contributed by atoms with E-state index >= 15 is 0 Å². The molecule has 0 spiro atoms. The van der Waals surface area contributed by atoms with Crippen LogP contribution in [-0.4, -0.2) is 30.1 Å². The number of nitrogens with two attached hydrogens (primary N) is 2. The monoisotopic (exact) mass is 426 g/mol. The van der Waals surface area contributed by atoms with Crippen molar-refractivity contribution in [3.05, 3.63) is 56.6 Å². The number of phenols is 1. The van der Waals surface area contributed by atoms with Crippen molar-refractivity contribution in [3.63, 3.8) is 0 Å². The summed E-state index contributed by atoms with van der Waals surface area (Å²) in [7, 11) is 0. The van der Waals surface area contributed by atoms with Crippen LogP contribution in [0.3, 0.4) is 0 Å². The molecule has 28 heavy (non-hydrogen) atoms. The van der Waals surface area contributed by atoms with Crippen LogP contribution in [0.15, 0.2) is 24.3 Å². The Morgan fingerprint density at radius 2 is 1.68 bits per heavy atom. The molecule has 0 radical (unpaired) electrons. The van der Waals surface area contributed by atoms with Crippen molar-refractivity contribution in [3.8, 4) is 11.5 Å². The van der Waals surface area contributed by atoms with E-state index in [1.807, 2.05) is 0 Å². The summed E-state index contributed by atoms with van der Waals surface area (Å²) in [6.07, 6.45) is 0. The minimum absolute atomic E-state index is 0.00584. The molecule has 7 nitrogen and oxygen atoms in total. The maximum Gasteiger partial charge on any atom is 0.344 e. The molecular weight excluding hydrogens is 407 g/mol. The Morgan fingerprint density at radius 1 is 1.07 bits per heavy atom. The van der Waals surface area contributed by atoms with E-state index in [0.717, 1.165) is 0 Å². The van der Waals surface area contributed by atoms with Gasteiger partial charge in [0.15, 0.2) is 12.4 Å². The first kappa shape index (κ1) is 22.0. The van der Waals surface area contributed by atoms with E-state index in [-0.39, 0.29) is 59.0 Å². The van der Waals surface area contributed by atoms with Crippen LogP contribution in [0, 0.1) is 0 Å². The van der Waals surface area contributed by atoms with Crippen LogP contribution in [0.5, 0.6) is 11.5 Å². The number of hydrogen-bond donors (Lipinski definition) is 3. The summed E-state index contributed by atoms with van der Waals surface area (Å²) in [4.78, 5) is 24.3. The van der Waals surface area contributed by atoms with Gasteiger partial charge in [-0.05, 0) is 31.2 Å². The fourth-order valence-electron chi connectivity index (χ4n) is 2.52. The van der Waals surface area contributed by atoms with Crippen molar-refractivity contribution < 1.29 is 24.2 Å². The highest BCUT2D eigenvalue weighted by Gasteiger charge is 2.20. The van der Waals surface area contributed by atoms with Crippen molar-refractivity contribution in [1.29, 1.82) is 0 Å². The number of ether oxygens (including phenoxy) is 2. The molecule has 9 heteroatoms. The number of benzene rings is 2. The molecule has 5 N–H and O–H groups in total. The number of phenolic OH excluding ortho intramolecular Hbond substituents is 1. The van der Waals surface area contributed by atoms with E-state index < -0.39 is 11.8 Å². The second-order valence-electron chi connectivity index (χ2n) is 5.71. The Bertz CT molecular complexity index is 877. The van der Waals surface area contributed by atoms with E-state index in [2.05, 4.69) is 0 Å². The Balaban J connectivity index is 2.34. The Hall–Kier alpha value is -2.32. The fourth-order valence-corrected chi connectivity index (χ4v) is 2.98. The van der Waals surface area contributed by atoms with Crippen LogP contribution < -0.4 is 16.2 Å². The maximum absolute atomic E-state index is 12.9. The van der Waals surface area contributed by atoms with Gasteiger partial charge in [-0.2, -0.15) is 0 Å². The van der Waals surface area contributed by atoms with Crippen molar-refractivity contribution in [2.24, 2.45) is 11.5 Å². The zero-order valence-electron chi connectivity index (χ0n) is 15.1. The lowest BCUT2D eigenvalue weighted by atomic mass is 9.97. The topological polar surface area (TPSA) is 125 Å². The van der Waals surface area contributed by atoms with Crippen LogP contribution in [0.25, 0.3) is 0 Å². The summed E-state index contributed by atoms with van der Waals surface area (Å²) in [5.41, 5.74) is 12.4. The van der Waals surface area contributed by atoms with Gasteiger partial charge in [0.25, 0.3) is 0 Å². The van der Waals surface area contributed by atoms with Gasteiger partial charge in [-0.3, -0.25) is 4.79 Å². The lowest BCUT2D eigenvalue weighted by molar-refractivity contribution is -0.145. The molecule has 0 bridgehead atoms. The molecule has 0 heterocycles. The lowest BCUT2D eigenvalue weighted by Gasteiger charge is -2.13. The number of carbonyl (C=O) groups is 2. The highest BCUT2D eigenvalue weighted by Crippen LogP contribution is 2.36. The summed E-state index contributed by atoms with van der Waals surface area (Å²) in [6, 6.07) is 5.83. The molecular formula is C19H20Cl2N2O5. The first-order valence-electron chi connectivity index (χ1n) is 8.40. The molecule has 2 rings (SSSR count). The lowest BCUT2D eigenvalue weighted by Crippen LogP contribution is -2.15. The zero-order valence-corrected chi connectivity index (χ0v) is 16.6. The maximum atomic E-state index is 12.9. The molecule has 150 valence electrons. The summed E-state index contributed by atoms with van der Waals surface area (Å²) < 4.78 is 10.1. The van der Waals surface area contributed by atoms with Gasteiger partial charge in [0.05, 0.1) is 11.6 Å². The second-order valence-corrected chi connectivity index (χ2v) is 6.47. The number of aromatic hydroxyl groups is 1. The number of carbonyl (C=O) groups excluding carboxylic acids is 2. The van der Waals surface area contributed by atoms with Crippen LogP contribution in [-0.2, 0) is 22.6 Å². The average molecular weight is 427 g/mol. The predicted molar refractivity (Wildman–Crippen MR) is 106 cm³/mol. The van der Waals surface area contributed by atoms with Crippen LogP contribution >= 0.6 is 23.2 Å². The molecule has 2 aromatic carbocycles. The number of esters is 1. The molecule has 0 aliphatic carbocycles. The molecule has 0 aromatic heterocycles. The normalized spacial score (nSPS) is 10.6. The van der Waals surface area contributed by atoms with E-state index in [9.17, 15) is 14.7 Å². The molecule has 0 fully saturated rings. The first-order valence-corrected chi connectivity index (χ1v) is 9.15. The van der Waals surface area contributed by atoms with Crippen LogP contribution in [0.2, 0.25) is 10.0 Å². The van der Waals surface area contributed by atoms with Gasteiger partial charge >= 0.3 is 5.97 Å². The highest BCUT2D eigenvalue weighted by molar-refractivity contribution is 6.45. The summed E-state index contributed by atoms with van der Waals surface area (Å²) in [6.45, 7) is 1.64. The number of ketones is 1. The largest absolute Gasteiger partial charge is 0.507 e. The molecule has 0 atom stereocenters. The third-order valence-corrected chi connectivity index (χ3v) is 4.78. The van der Waals surface area contributed by atoms with E-state index in [1.54, 1.807) is 6.92 Å². The highest BCUT2D eigenvalue weighted by atomic mass is 35.5. The molecule has 0 aliphatic rings. The predicted octanol–water partition coefficient (Wildman–Crippen LogP) is 2.79. The smallest absolute Gasteiger partial charge is 0.344 e. The van der Waals surface area contributed by atoms with Gasteiger partial charge in [0, 0.05) is 35.3 Å². The van der Waals surface area contributed by atoms with Crippen LogP contribution in [0.4, 0.5) is 0 Å². The summed E-state index contributed by atoms with van der Waals surface area (Å²) in [5, 5.41) is 10.0. The van der Waals surface area contributed by atoms with Gasteiger partial charge in [0.1, 0.15) is 16.5 Å². The molecule has 0 saturated heterocycles. The van der Waals surface area contributed by atoms with Gasteiger partial charge < -0.3 is 26.0 Å². The third-order valence-electron chi connectivity index (χ3n) is 3.91. The Kier molecular flexibility index (Phi) is 7.65. The summed E-state index contributed by atoms with van der Waals surface area (Å²) >= 11 is 12.4. The summed E-state index contributed by atoms with van der Waals surface area (Å²) in [5.74, 6) is -0.864. The number of hydrogen-bond acceptors (Lipinski definition) is 7. The average Bonchev–Trinajstić information content (AvgIpc) is 2.69.